The molecule has 0 aliphatic rings. The van der Waals surface area contributed by atoms with Crippen LogP contribution in [0.3, 0.4) is 0 Å². The highest BCUT2D eigenvalue weighted by Crippen LogP contribution is 2.30. The zero-order valence-electron chi connectivity index (χ0n) is 6.72. The van der Waals surface area contributed by atoms with E-state index in [1.807, 2.05) is 0 Å². The summed E-state index contributed by atoms with van der Waals surface area (Å²) in [6, 6.07) is 0. The molecule has 0 spiro atoms. The molecule has 12 heavy (non-hydrogen) atoms. The van der Waals surface area contributed by atoms with Gasteiger partial charge >= 0.3 is 5.97 Å². The van der Waals surface area contributed by atoms with Crippen LogP contribution in [0.15, 0.2) is 0 Å². The summed E-state index contributed by atoms with van der Waals surface area (Å²) in [5.74, 6) is -0.870. The third kappa shape index (κ3) is 5.31. The third-order valence-corrected chi connectivity index (χ3v) is 3.93. The number of aliphatic carboxylic acids is 1. The van der Waals surface area contributed by atoms with Crippen LogP contribution in [0.1, 0.15) is 13.8 Å². The molecular formula is C6H10O4S2. The Morgan fingerprint density at radius 2 is 2.08 bits per heavy atom. The Labute approximate surface area is 78.4 Å². The minimum Gasteiger partial charge on any atom is -0.480 e. The lowest BCUT2D eigenvalue weighted by molar-refractivity contribution is -0.136. The van der Waals surface area contributed by atoms with Crippen molar-refractivity contribution in [1.82, 2.24) is 0 Å². The lowest BCUT2D eigenvalue weighted by Crippen LogP contribution is -2.11. The molecule has 0 aromatic carbocycles. The summed E-state index contributed by atoms with van der Waals surface area (Å²) in [7, 11) is 2.39. The second kappa shape index (κ2) is 6.19. The average Bonchev–Trinajstić information content (AvgIpc) is 2.00. The van der Waals surface area contributed by atoms with Crippen LogP contribution in [0, 0.1) is 0 Å². The van der Waals surface area contributed by atoms with Gasteiger partial charge in [0.2, 0.25) is 0 Å². The highest BCUT2D eigenvalue weighted by molar-refractivity contribution is 8.77. The molecule has 0 aromatic rings. The standard InChI is InChI=1S/C6H10O4S2/c1-4(6(8)9)11-12-5(2)10-3-7/h3-5H,1-2H3,(H,8,9). The predicted molar refractivity (Wildman–Crippen MR) is 48.9 cm³/mol. The molecule has 2 unspecified atom stereocenters. The van der Waals surface area contributed by atoms with Crippen LogP contribution in [0.4, 0.5) is 0 Å². The van der Waals surface area contributed by atoms with Crippen LogP contribution in [-0.4, -0.2) is 28.2 Å². The van der Waals surface area contributed by atoms with E-state index < -0.39 is 11.2 Å². The Hall–Kier alpha value is -0.360. The summed E-state index contributed by atoms with van der Waals surface area (Å²) in [4.78, 5) is 20.2. The lowest BCUT2D eigenvalue weighted by Gasteiger charge is -2.09. The van der Waals surface area contributed by atoms with E-state index in [-0.39, 0.29) is 5.44 Å². The number of carbonyl (C=O) groups excluding carboxylic acids is 1. The smallest absolute Gasteiger partial charge is 0.317 e. The highest BCUT2D eigenvalue weighted by Gasteiger charge is 2.13. The van der Waals surface area contributed by atoms with Gasteiger partial charge in [-0.25, -0.2) is 0 Å². The second-order valence-electron chi connectivity index (χ2n) is 1.97. The van der Waals surface area contributed by atoms with E-state index in [1.54, 1.807) is 13.8 Å². The molecule has 0 fully saturated rings. The quantitative estimate of drug-likeness (QED) is 0.406. The van der Waals surface area contributed by atoms with Crippen molar-refractivity contribution in [2.75, 3.05) is 0 Å². The van der Waals surface area contributed by atoms with Crippen LogP contribution >= 0.6 is 21.6 Å². The van der Waals surface area contributed by atoms with Gasteiger partial charge in [-0.2, -0.15) is 0 Å². The Morgan fingerprint density at radius 3 is 2.50 bits per heavy atom. The summed E-state index contributed by atoms with van der Waals surface area (Å²) in [5.41, 5.74) is -0.311. The van der Waals surface area contributed by atoms with Crippen molar-refractivity contribution in [3.63, 3.8) is 0 Å². The topological polar surface area (TPSA) is 63.6 Å². The van der Waals surface area contributed by atoms with Gasteiger partial charge in [0.05, 0.1) is 0 Å². The first kappa shape index (κ1) is 11.6. The van der Waals surface area contributed by atoms with E-state index in [0.29, 0.717) is 6.47 Å². The van der Waals surface area contributed by atoms with Crippen molar-refractivity contribution in [2.45, 2.75) is 24.5 Å². The zero-order chi connectivity index (χ0) is 9.56. The van der Waals surface area contributed by atoms with Crippen molar-refractivity contribution >= 4 is 34.0 Å². The minimum atomic E-state index is -0.870. The van der Waals surface area contributed by atoms with E-state index in [0.717, 1.165) is 0 Å². The van der Waals surface area contributed by atoms with Crippen LogP contribution in [0.25, 0.3) is 0 Å². The van der Waals surface area contributed by atoms with Gasteiger partial charge in [0.15, 0.2) is 5.44 Å². The fourth-order valence-corrected chi connectivity index (χ4v) is 2.15. The van der Waals surface area contributed by atoms with Gasteiger partial charge in [0.25, 0.3) is 6.47 Å². The molecule has 2 atom stereocenters. The van der Waals surface area contributed by atoms with Crippen LogP contribution in [-0.2, 0) is 14.3 Å². The van der Waals surface area contributed by atoms with E-state index in [9.17, 15) is 9.59 Å². The molecule has 0 heterocycles. The number of carbonyl (C=O) groups is 2. The van der Waals surface area contributed by atoms with Gasteiger partial charge < -0.3 is 9.84 Å². The molecule has 0 bridgehead atoms. The highest BCUT2D eigenvalue weighted by atomic mass is 33.1. The van der Waals surface area contributed by atoms with E-state index >= 15 is 0 Å². The molecule has 0 amide bonds. The molecular weight excluding hydrogens is 200 g/mol. The fourth-order valence-electron chi connectivity index (χ4n) is 0.304. The number of hydrogen-bond donors (Lipinski definition) is 1. The fraction of sp³-hybridized carbons (Fsp3) is 0.667. The van der Waals surface area contributed by atoms with Crippen LogP contribution in [0.2, 0.25) is 0 Å². The average molecular weight is 210 g/mol. The largest absolute Gasteiger partial charge is 0.480 e. The maximum Gasteiger partial charge on any atom is 0.317 e. The Morgan fingerprint density at radius 1 is 1.50 bits per heavy atom. The molecule has 0 aliphatic carbocycles. The van der Waals surface area contributed by atoms with Crippen LogP contribution < -0.4 is 0 Å². The molecule has 1 N–H and O–H groups in total. The number of ether oxygens (including phenoxy) is 1. The van der Waals surface area contributed by atoms with Gasteiger partial charge in [-0.05, 0) is 24.6 Å². The lowest BCUT2D eigenvalue weighted by atomic mass is 10.5. The van der Waals surface area contributed by atoms with Crippen LogP contribution in [0.5, 0.6) is 0 Å². The Balaban J connectivity index is 3.53. The van der Waals surface area contributed by atoms with Gasteiger partial charge in [0.1, 0.15) is 5.25 Å². The summed E-state index contributed by atoms with van der Waals surface area (Å²) < 4.78 is 4.54. The van der Waals surface area contributed by atoms with E-state index in [2.05, 4.69) is 4.74 Å². The van der Waals surface area contributed by atoms with Crippen molar-refractivity contribution in [3.05, 3.63) is 0 Å². The van der Waals surface area contributed by atoms with E-state index in [4.69, 9.17) is 5.11 Å². The molecule has 0 rings (SSSR count). The Kier molecular flexibility index (Phi) is 6.00. The van der Waals surface area contributed by atoms with Gasteiger partial charge in [0, 0.05) is 0 Å². The number of rotatable bonds is 6. The second-order valence-corrected chi connectivity index (χ2v) is 4.88. The summed E-state index contributed by atoms with van der Waals surface area (Å²) >= 11 is 0. The molecule has 0 radical (unpaired) electrons. The molecule has 0 saturated carbocycles. The maximum absolute atomic E-state index is 10.3. The zero-order valence-corrected chi connectivity index (χ0v) is 8.35. The molecule has 0 aliphatic heterocycles. The maximum atomic E-state index is 10.3. The predicted octanol–water partition coefficient (Wildman–Crippen LogP) is 1.36. The third-order valence-electron chi connectivity index (χ3n) is 0.930. The molecule has 6 heteroatoms. The first-order valence-corrected chi connectivity index (χ1v) is 5.49. The summed E-state index contributed by atoms with van der Waals surface area (Å²) in [6.45, 7) is 3.61. The first-order chi connectivity index (χ1) is 5.57. The van der Waals surface area contributed by atoms with E-state index in [1.165, 1.54) is 21.6 Å². The van der Waals surface area contributed by atoms with Gasteiger partial charge in [-0.15, -0.1) is 0 Å². The number of carboxylic acid groups (broad SMARTS) is 1. The van der Waals surface area contributed by atoms with Crippen molar-refractivity contribution in [1.29, 1.82) is 0 Å². The van der Waals surface area contributed by atoms with Crippen molar-refractivity contribution in [2.24, 2.45) is 0 Å². The molecule has 4 nitrogen and oxygen atoms in total. The minimum absolute atomic E-state index is 0.311. The summed E-state index contributed by atoms with van der Waals surface area (Å²) in [5, 5.41) is 7.99. The first-order valence-electron chi connectivity index (χ1n) is 3.22. The van der Waals surface area contributed by atoms with Crippen molar-refractivity contribution in [3.8, 4) is 0 Å². The molecule has 0 saturated heterocycles. The summed E-state index contributed by atoms with van der Waals surface area (Å²) in [6.07, 6.45) is 0. The monoisotopic (exact) mass is 210 g/mol. The SMILES string of the molecule is CC(OC=O)SSC(C)C(=O)O. The molecule has 0 aromatic heterocycles. The van der Waals surface area contributed by atoms with Gasteiger partial charge in [-0.3, -0.25) is 9.59 Å². The van der Waals surface area contributed by atoms with Gasteiger partial charge in [-0.1, -0.05) is 10.8 Å². The normalized spacial score (nSPS) is 14.8. The molecule has 70 valence electrons. The number of hydrogen-bond acceptors (Lipinski definition) is 5. The number of carboxylic acids is 1. The van der Waals surface area contributed by atoms with Crippen molar-refractivity contribution < 1.29 is 19.4 Å². The Bertz CT molecular complexity index is 162.